The Morgan fingerprint density at radius 3 is 2.78 bits per heavy atom. The second-order valence-electron chi connectivity index (χ2n) is 3.27. The third-order valence-corrected chi connectivity index (χ3v) is 3.11. The Labute approximate surface area is 111 Å². The van der Waals surface area contributed by atoms with Gasteiger partial charge >= 0.3 is 0 Å². The third kappa shape index (κ3) is 2.93. The minimum absolute atomic E-state index is 0.180. The van der Waals surface area contributed by atoms with Gasteiger partial charge in [-0.1, -0.05) is 22.9 Å². The zero-order chi connectivity index (χ0) is 13.1. The Morgan fingerprint density at radius 1 is 1.39 bits per heavy atom. The predicted octanol–water partition coefficient (Wildman–Crippen LogP) is 2.62. The number of nitrogens with one attached hydrogen (secondary N) is 2. The average molecular weight is 287 g/mol. The van der Waals surface area contributed by atoms with E-state index in [4.69, 9.17) is 11.6 Å². The fraction of sp³-hybridized carbons (Fsp3) is 0.100. The summed E-state index contributed by atoms with van der Waals surface area (Å²) in [5.41, 5.74) is 0.270. The Kier molecular flexibility index (Phi) is 3.73. The van der Waals surface area contributed by atoms with Crippen LogP contribution >= 0.6 is 22.9 Å². The molecule has 0 radical (unpaired) electrons. The fourth-order valence-electron chi connectivity index (χ4n) is 1.23. The number of rotatable bonds is 3. The van der Waals surface area contributed by atoms with E-state index in [0.29, 0.717) is 5.13 Å². The highest BCUT2D eigenvalue weighted by atomic mass is 35.5. The van der Waals surface area contributed by atoms with E-state index < -0.39 is 11.7 Å². The summed E-state index contributed by atoms with van der Waals surface area (Å²) in [6.45, 7) is 0. The van der Waals surface area contributed by atoms with Crippen molar-refractivity contribution >= 4 is 39.7 Å². The van der Waals surface area contributed by atoms with Gasteiger partial charge in [-0.15, -0.1) is 10.2 Å². The highest BCUT2D eigenvalue weighted by Gasteiger charge is 2.13. The zero-order valence-electron chi connectivity index (χ0n) is 9.20. The van der Waals surface area contributed by atoms with Gasteiger partial charge in [-0.05, 0) is 18.2 Å². The Bertz CT molecular complexity index is 569. The molecule has 1 heterocycles. The van der Waals surface area contributed by atoms with Gasteiger partial charge < -0.3 is 10.6 Å². The zero-order valence-corrected chi connectivity index (χ0v) is 10.8. The van der Waals surface area contributed by atoms with Crippen molar-refractivity contribution in [2.24, 2.45) is 0 Å². The van der Waals surface area contributed by atoms with Crippen LogP contribution in [-0.2, 0) is 0 Å². The first-order valence-electron chi connectivity index (χ1n) is 4.87. The van der Waals surface area contributed by atoms with Crippen molar-refractivity contribution in [3.05, 3.63) is 34.0 Å². The Balaban J connectivity index is 2.15. The van der Waals surface area contributed by atoms with E-state index in [2.05, 4.69) is 20.8 Å². The maximum absolute atomic E-state index is 13.1. The molecule has 0 aliphatic carbocycles. The van der Waals surface area contributed by atoms with Crippen molar-refractivity contribution in [1.82, 2.24) is 10.2 Å². The molecule has 0 saturated heterocycles. The molecule has 2 N–H and O–H groups in total. The molecule has 0 atom stereocenters. The summed E-state index contributed by atoms with van der Waals surface area (Å²) >= 11 is 6.78. The molecule has 0 fully saturated rings. The summed E-state index contributed by atoms with van der Waals surface area (Å²) in [6, 6.07) is 3.77. The first kappa shape index (κ1) is 12.7. The highest BCUT2D eigenvalue weighted by molar-refractivity contribution is 7.17. The van der Waals surface area contributed by atoms with Crippen molar-refractivity contribution in [3.8, 4) is 0 Å². The Morgan fingerprint density at radius 2 is 2.17 bits per heavy atom. The number of halogens is 2. The summed E-state index contributed by atoms with van der Waals surface area (Å²) in [7, 11) is 1.68. The Hall–Kier alpha value is -1.73. The van der Waals surface area contributed by atoms with Crippen molar-refractivity contribution in [3.63, 3.8) is 0 Å². The van der Waals surface area contributed by atoms with Gasteiger partial charge in [0.15, 0.2) is 0 Å². The third-order valence-electron chi connectivity index (χ3n) is 1.95. The van der Waals surface area contributed by atoms with Crippen LogP contribution in [0.4, 0.5) is 15.2 Å². The lowest BCUT2D eigenvalue weighted by Gasteiger charge is -2.03. The number of carbonyl (C=O) groups is 1. The van der Waals surface area contributed by atoms with Crippen LogP contribution < -0.4 is 10.6 Å². The molecule has 2 aromatic rings. The number of nitrogens with zero attached hydrogens (tertiary/aromatic N) is 2. The molecule has 0 bridgehead atoms. The van der Waals surface area contributed by atoms with Gasteiger partial charge in [-0.2, -0.15) is 0 Å². The monoisotopic (exact) mass is 286 g/mol. The number of hydrogen-bond acceptors (Lipinski definition) is 5. The van der Waals surface area contributed by atoms with Gasteiger partial charge in [0.05, 0.1) is 0 Å². The van der Waals surface area contributed by atoms with Crippen molar-refractivity contribution < 1.29 is 9.18 Å². The van der Waals surface area contributed by atoms with Crippen LogP contribution in [-0.4, -0.2) is 23.2 Å². The molecule has 0 saturated carbocycles. The molecule has 1 amide bonds. The van der Waals surface area contributed by atoms with Crippen LogP contribution in [0.25, 0.3) is 0 Å². The average Bonchev–Trinajstić information content (AvgIpc) is 2.75. The molecule has 1 aromatic heterocycles. The molecule has 94 valence electrons. The number of benzene rings is 1. The van der Waals surface area contributed by atoms with E-state index in [9.17, 15) is 9.18 Å². The second kappa shape index (κ2) is 5.28. The minimum atomic E-state index is -0.522. The first-order valence-corrected chi connectivity index (χ1v) is 6.06. The molecule has 2 rings (SSSR count). The minimum Gasteiger partial charge on any atom is -0.363 e. The topological polar surface area (TPSA) is 66.9 Å². The quantitative estimate of drug-likeness (QED) is 0.910. The van der Waals surface area contributed by atoms with Gasteiger partial charge in [0.2, 0.25) is 10.1 Å². The predicted molar refractivity (Wildman–Crippen MR) is 68.8 cm³/mol. The van der Waals surface area contributed by atoms with E-state index in [1.54, 1.807) is 7.05 Å². The van der Waals surface area contributed by atoms with Crippen LogP contribution in [0.3, 0.4) is 0 Å². The number of anilines is 2. The first-order chi connectivity index (χ1) is 8.58. The number of carbonyl (C=O) groups excluding carboxylic acids is 1. The second-order valence-corrected chi connectivity index (χ2v) is 4.69. The van der Waals surface area contributed by atoms with Crippen LogP contribution in [0, 0.1) is 5.82 Å². The van der Waals surface area contributed by atoms with E-state index in [-0.39, 0.29) is 15.7 Å². The number of aromatic nitrogens is 2. The molecule has 0 aliphatic heterocycles. The van der Waals surface area contributed by atoms with Gasteiger partial charge in [-0.25, -0.2) is 4.39 Å². The standard InChI is InChI=1S/C10H8ClFN4OS/c1-13-10-16-15-9(18-10)8(17)14-7-3-5(11)2-6(12)4-7/h2-4H,1H3,(H,13,16)(H,14,17). The van der Waals surface area contributed by atoms with Crippen LogP contribution in [0.2, 0.25) is 5.02 Å². The van der Waals surface area contributed by atoms with Crippen LogP contribution in [0.5, 0.6) is 0 Å². The van der Waals surface area contributed by atoms with Crippen molar-refractivity contribution in [1.29, 1.82) is 0 Å². The molecular formula is C10H8ClFN4OS. The van der Waals surface area contributed by atoms with E-state index >= 15 is 0 Å². The lowest BCUT2D eigenvalue weighted by atomic mass is 10.3. The van der Waals surface area contributed by atoms with Crippen LogP contribution in [0.15, 0.2) is 18.2 Å². The summed E-state index contributed by atoms with van der Waals surface area (Å²) < 4.78 is 13.1. The van der Waals surface area contributed by atoms with E-state index in [1.807, 2.05) is 0 Å². The summed E-state index contributed by atoms with van der Waals surface area (Å²) in [6.07, 6.45) is 0. The molecule has 5 nitrogen and oxygen atoms in total. The van der Waals surface area contributed by atoms with Gasteiger partial charge in [0.25, 0.3) is 5.91 Å². The summed E-state index contributed by atoms with van der Waals surface area (Å²) in [4.78, 5) is 11.8. The van der Waals surface area contributed by atoms with Gasteiger partial charge in [0.1, 0.15) is 5.82 Å². The van der Waals surface area contributed by atoms with Crippen LogP contribution in [0.1, 0.15) is 9.80 Å². The lowest BCUT2D eigenvalue weighted by molar-refractivity contribution is 0.102. The highest BCUT2D eigenvalue weighted by Crippen LogP contribution is 2.20. The SMILES string of the molecule is CNc1nnc(C(=O)Nc2cc(F)cc(Cl)c2)s1. The molecule has 8 heteroatoms. The smallest absolute Gasteiger partial charge is 0.286 e. The van der Waals surface area contributed by atoms with E-state index in [0.717, 1.165) is 17.4 Å². The molecule has 0 spiro atoms. The number of amides is 1. The van der Waals surface area contributed by atoms with E-state index in [1.165, 1.54) is 12.1 Å². The largest absolute Gasteiger partial charge is 0.363 e. The summed E-state index contributed by atoms with van der Waals surface area (Å²) in [5.74, 6) is -0.985. The fourth-order valence-corrected chi connectivity index (χ4v) is 2.04. The molecule has 18 heavy (non-hydrogen) atoms. The maximum Gasteiger partial charge on any atom is 0.286 e. The number of hydrogen-bond donors (Lipinski definition) is 2. The summed E-state index contributed by atoms with van der Waals surface area (Å²) in [5, 5.41) is 13.6. The molecule has 0 aliphatic rings. The maximum atomic E-state index is 13.1. The van der Waals surface area contributed by atoms with Crippen molar-refractivity contribution in [2.45, 2.75) is 0 Å². The molecule has 0 unspecified atom stereocenters. The van der Waals surface area contributed by atoms with Gasteiger partial charge in [-0.3, -0.25) is 4.79 Å². The lowest BCUT2D eigenvalue weighted by Crippen LogP contribution is -2.11. The molecular weight excluding hydrogens is 279 g/mol. The molecule has 1 aromatic carbocycles. The van der Waals surface area contributed by atoms with Gasteiger partial charge in [0, 0.05) is 17.8 Å². The van der Waals surface area contributed by atoms with Crippen molar-refractivity contribution in [2.75, 3.05) is 17.7 Å². The normalized spacial score (nSPS) is 10.2.